The van der Waals surface area contributed by atoms with Gasteiger partial charge in [0.25, 0.3) is 0 Å². The van der Waals surface area contributed by atoms with Gasteiger partial charge >= 0.3 is 12.3 Å². The van der Waals surface area contributed by atoms with Crippen LogP contribution in [0.5, 0.6) is 0 Å². The highest BCUT2D eigenvalue weighted by atomic mass is 79.9. The third kappa shape index (κ3) is 5.74. The fraction of sp³-hybridized carbons (Fsp3) is 0.500. The number of alkyl halides is 4. The van der Waals surface area contributed by atoms with Crippen LogP contribution < -0.4 is 11.3 Å². The molecule has 1 aromatic carbocycles. The monoisotopic (exact) mass is 358 g/mol. The molecule has 1 atom stereocenters. The first-order chi connectivity index (χ1) is 9.35. The average Bonchev–Trinajstić information content (AvgIpc) is 2.37. The molecule has 0 amide bonds. The molecule has 0 aromatic heterocycles. The quantitative estimate of drug-likeness (QED) is 0.426. The van der Waals surface area contributed by atoms with Crippen LogP contribution in [-0.4, -0.2) is 31.6 Å². The van der Waals surface area contributed by atoms with E-state index in [9.17, 15) is 17.6 Å². The zero-order valence-corrected chi connectivity index (χ0v) is 12.0. The molecule has 1 unspecified atom stereocenters. The third-order valence-electron chi connectivity index (χ3n) is 2.54. The predicted molar refractivity (Wildman–Crippen MR) is 70.7 cm³/mol. The van der Waals surface area contributed by atoms with E-state index >= 15 is 0 Å². The van der Waals surface area contributed by atoms with E-state index < -0.39 is 25.0 Å². The second-order valence-corrected chi connectivity index (χ2v) is 5.19. The molecule has 0 spiro atoms. The van der Waals surface area contributed by atoms with Crippen LogP contribution in [0.3, 0.4) is 0 Å². The lowest BCUT2D eigenvalue weighted by Gasteiger charge is -2.19. The maximum absolute atomic E-state index is 12.6. The van der Waals surface area contributed by atoms with E-state index in [1.807, 2.05) is 24.3 Å². The summed E-state index contributed by atoms with van der Waals surface area (Å²) in [6.07, 6.45) is -3.31. The normalized spacial score (nSPS) is 13.8. The van der Waals surface area contributed by atoms with Gasteiger partial charge in [0.2, 0.25) is 0 Å². The van der Waals surface area contributed by atoms with Gasteiger partial charge in [0.15, 0.2) is 0 Å². The van der Waals surface area contributed by atoms with Gasteiger partial charge in [0.1, 0.15) is 6.61 Å². The summed E-state index contributed by atoms with van der Waals surface area (Å²) in [7, 11) is 0. The Morgan fingerprint density at radius 1 is 1.35 bits per heavy atom. The molecule has 114 valence electrons. The van der Waals surface area contributed by atoms with Gasteiger partial charge in [-0.2, -0.15) is 8.78 Å². The molecule has 1 rings (SSSR count). The van der Waals surface area contributed by atoms with Crippen LogP contribution in [-0.2, 0) is 11.2 Å². The van der Waals surface area contributed by atoms with Gasteiger partial charge < -0.3 is 4.74 Å². The summed E-state index contributed by atoms with van der Waals surface area (Å²) in [5, 5.41) is 0. The summed E-state index contributed by atoms with van der Waals surface area (Å²) in [5.41, 5.74) is 3.32. The number of hydrogen-bond acceptors (Lipinski definition) is 3. The molecule has 0 aliphatic heterocycles. The zero-order chi connectivity index (χ0) is 15.2. The molecule has 0 fully saturated rings. The smallest absolute Gasteiger partial charge is 0.330 e. The van der Waals surface area contributed by atoms with E-state index in [1.54, 1.807) is 0 Å². The first-order valence-electron chi connectivity index (χ1n) is 5.79. The number of hydrazine groups is 1. The van der Waals surface area contributed by atoms with Crippen molar-refractivity contribution in [2.24, 2.45) is 5.84 Å². The van der Waals surface area contributed by atoms with Crippen LogP contribution in [0.25, 0.3) is 0 Å². The highest BCUT2D eigenvalue weighted by Gasteiger charge is 2.41. The van der Waals surface area contributed by atoms with Crippen LogP contribution in [0.2, 0.25) is 0 Å². The van der Waals surface area contributed by atoms with Crippen molar-refractivity contribution >= 4 is 15.9 Å². The minimum absolute atomic E-state index is 0.189. The number of hydrogen-bond donors (Lipinski definition) is 2. The number of rotatable bonds is 8. The van der Waals surface area contributed by atoms with Crippen molar-refractivity contribution in [3.8, 4) is 0 Å². The van der Waals surface area contributed by atoms with E-state index in [2.05, 4.69) is 26.1 Å². The SMILES string of the molecule is NNC(COCC(F)(F)C(F)F)Cc1cccc(Br)c1. The first-order valence-corrected chi connectivity index (χ1v) is 6.58. The number of benzene rings is 1. The molecule has 20 heavy (non-hydrogen) atoms. The molecular weight excluding hydrogens is 344 g/mol. The summed E-state index contributed by atoms with van der Waals surface area (Å²) >= 11 is 3.30. The van der Waals surface area contributed by atoms with Gasteiger partial charge in [0, 0.05) is 10.5 Å². The Bertz CT molecular complexity index is 420. The first kappa shape index (κ1) is 17.4. The standard InChI is InChI=1S/C12H15BrF4N2O/c13-9-3-1-2-8(4-9)5-10(19-18)6-20-7-12(16,17)11(14)15/h1-4,10-11,19H,5-7,18H2. The van der Waals surface area contributed by atoms with E-state index in [4.69, 9.17) is 5.84 Å². The minimum Gasteiger partial charge on any atom is -0.373 e. The largest absolute Gasteiger partial charge is 0.373 e. The van der Waals surface area contributed by atoms with Gasteiger partial charge in [-0.1, -0.05) is 28.1 Å². The number of nitrogens with two attached hydrogens (primary N) is 1. The Balaban J connectivity index is 2.44. The Kier molecular flexibility index (Phi) is 6.87. The Labute approximate surface area is 122 Å². The maximum Gasteiger partial charge on any atom is 0.330 e. The molecule has 0 saturated heterocycles. The second kappa shape index (κ2) is 7.92. The summed E-state index contributed by atoms with van der Waals surface area (Å²) in [6, 6.07) is 6.89. The molecular formula is C12H15BrF4N2O. The van der Waals surface area contributed by atoms with Crippen molar-refractivity contribution in [1.82, 2.24) is 5.43 Å². The van der Waals surface area contributed by atoms with Crippen molar-refractivity contribution in [1.29, 1.82) is 0 Å². The minimum atomic E-state index is -4.14. The lowest BCUT2D eigenvalue weighted by atomic mass is 10.1. The molecule has 0 bridgehead atoms. The van der Waals surface area contributed by atoms with E-state index in [1.165, 1.54) is 0 Å². The molecule has 0 heterocycles. The Morgan fingerprint density at radius 3 is 2.60 bits per heavy atom. The van der Waals surface area contributed by atoms with Crippen LogP contribution in [0.15, 0.2) is 28.7 Å². The lowest BCUT2D eigenvalue weighted by Crippen LogP contribution is -2.42. The Morgan fingerprint density at radius 2 is 2.05 bits per heavy atom. The molecule has 0 aliphatic rings. The topological polar surface area (TPSA) is 47.3 Å². The van der Waals surface area contributed by atoms with Gasteiger partial charge in [-0.25, -0.2) is 8.78 Å². The summed E-state index contributed by atoms with van der Waals surface area (Å²) in [6.45, 7) is -1.52. The van der Waals surface area contributed by atoms with Crippen molar-refractivity contribution in [3.05, 3.63) is 34.3 Å². The number of nitrogens with one attached hydrogen (secondary N) is 1. The lowest BCUT2D eigenvalue weighted by molar-refractivity contribution is -0.167. The molecule has 1 aromatic rings. The van der Waals surface area contributed by atoms with E-state index in [0.717, 1.165) is 10.0 Å². The number of ether oxygens (including phenoxy) is 1. The van der Waals surface area contributed by atoms with E-state index in [-0.39, 0.29) is 6.61 Å². The highest BCUT2D eigenvalue weighted by Crippen LogP contribution is 2.23. The van der Waals surface area contributed by atoms with Crippen molar-refractivity contribution < 1.29 is 22.3 Å². The molecule has 0 radical (unpaired) electrons. The van der Waals surface area contributed by atoms with Crippen LogP contribution in [0, 0.1) is 0 Å². The summed E-state index contributed by atoms with van der Waals surface area (Å²) in [4.78, 5) is 0. The molecule has 8 heteroatoms. The number of halogens is 5. The summed E-state index contributed by atoms with van der Waals surface area (Å²) in [5.74, 6) is 1.15. The molecule has 0 saturated carbocycles. The van der Waals surface area contributed by atoms with Crippen LogP contribution >= 0.6 is 15.9 Å². The second-order valence-electron chi connectivity index (χ2n) is 4.27. The Hall–Kier alpha value is -0.700. The molecule has 3 nitrogen and oxygen atoms in total. The van der Waals surface area contributed by atoms with Gasteiger partial charge in [-0.15, -0.1) is 0 Å². The third-order valence-corrected chi connectivity index (χ3v) is 3.03. The van der Waals surface area contributed by atoms with Crippen LogP contribution in [0.1, 0.15) is 5.56 Å². The van der Waals surface area contributed by atoms with E-state index in [0.29, 0.717) is 6.42 Å². The fourth-order valence-corrected chi connectivity index (χ4v) is 1.96. The van der Waals surface area contributed by atoms with Gasteiger partial charge in [-0.05, 0) is 24.1 Å². The maximum atomic E-state index is 12.6. The zero-order valence-electron chi connectivity index (χ0n) is 10.5. The highest BCUT2D eigenvalue weighted by molar-refractivity contribution is 9.10. The van der Waals surface area contributed by atoms with Crippen LogP contribution in [0.4, 0.5) is 17.6 Å². The predicted octanol–water partition coefficient (Wildman–Crippen LogP) is 2.74. The summed E-state index contributed by atoms with van der Waals surface area (Å²) < 4.78 is 54.7. The average molecular weight is 359 g/mol. The van der Waals surface area contributed by atoms with Crippen molar-refractivity contribution in [2.75, 3.05) is 13.2 Å². The molecule has 0 aliphatic carbocycles. The van der Waals surface area contributed by atoms with Gasteiger partial charge in [-0.3, -0.25) is 11.3 Å². The van der Waals surface area contributed by atoms with Crippen molar-refractivity contribution in [2.45, 2.75) is 24.8 Å². The van der Waals surface area contributed by atoms with Crippen molar-refractivity contribution in [3.63, 3.8) is 0 Å². The van der Waals surface area contributed by atoms with Gasteiger partial charge in [0.05, 0.1) is 6.61 Å². The fourth-order valence-electron chi connectivity index (χ4n) is 1.51. The molecule has 3 N–H and O–H groups in total.